The predicted octanol–water partition coefficient (Wildman–Crippen LogP) is 4.43. The third-order valence-electron chi connectivity index (χ3n) is 4.75. The molecule has 0 fully saturated rings. The van der Waals surface area contributed by atoms with Gasteiger partial charge in [0.2, 0.25) is 0 Å². The van der Waals surface area contributed by atoms with Gasteiger partial charge in [-0.1, -0.05) is 84.9 Å². The number of H-pyrrole nitrogens is 1. The topological polar surface area (TPSA) is 125 Å². The average Bonchev–Trinajstić information content (AvgIpc) is 3.26. The normalized spacial score (nSPS) is 14.5. The van der Waals surface area contributed by atoms with Crippen LogP contribution in [0.2, 0.25) is 0 Å². The number of hydrogen-bond acceptors (Lipinski definition) is 6. The van der Waals surface area contributed by atoms with Crippen molar-refractivity contribution < 1.29 is 28.5 Å². The van der Waals surface area contributed by atoms with Crippen LogP contribution in [0.15, 0.2) is 84.9 Å². The molecule has 0 aliphatic rings. The van der Waals surface area contributed by atoms with Crippen molar-refractivity contribution in [3.8, 4) is 33.9 Å². The van der Waals surface area contributed by atoms with Gasteiger partial charge in [-0.05, 0) is 0 Å². The quantitative estimate of drug-likeness (QED) is 0.222. The number of rotatable bonds is 8. The zero-order chi connectivity index (χ0) is 22.6. The highest BCUT2D eigenvalue weighted by atomic mass is 31.1. The summed E-state index contributed by atoms with van der Waals surface area (Å²) in [5, 5.41) is 10.4. The molecular formula is C22H20N2O6P2. The average molecular weight is 470 g/mol. The molecule has 3 aromatic carbocycles. The fourth-order valence-electron chi connectivity index (χ4n) is 3.29. The minimum atomic E-state index is -3.54. The minimum Gasteiger partial charge on any atom is -0.352 e. The van der Waals surface area contributed by atoms with Gasteiger partial charge in [-0.15, -0.1) is 0 Å². The van der Waals surface area contributed by atoms with E-state index >= 15 is 0 Å². The van der Waals surface area contributed by atoms with Gasteiger partial charge in [0, 0.05) is 22.3 Å². The second kappa shape index (κ2) is 9.86. The van der Waals surface area contributed by atoms with Crippen LogP contribution in [-0.2, 0) is 19.6 Å². The van der Waals surface area contributed by atoms with Crippen molar-refractivity contribution in [1.82, 2.24) is 9.97 Å². The van der Waals surface area contributed by atoms with Gasteiger partial charge >= 0.3 is 14.2 Å². The molecule has 0 aliphatic carbocycles. The van der Waals surface area contributed by atoms with Crippen LogP contribution in [0.3, 0.4) is 0 Å². The molecule has 1 heterocycles. The predicted molar refractivity (Wildman–Crippen MR) is 123 cm³/mol. The molecule has 1 aromatic heterocycles. The Morgan fingerprint density at radius 2 is 1.47 bits per heavy atom. The molecule has 10 heteroatoms. The standard InChI is InChI=1S/C22H20N2O6P2/c25-22(29-31-26,30-32(27)28)18-13-11-17(12-14-18)21-23-19(15-7-3-1-4-8-15)20(24-21)16-9-5-2-6-10-16/h1-14,25-26,31-32H,(H,23,24)(H,27,28). The molecule has 0 aliphatic heterocycles. The molecule has 4 N–H and O–H groups in total. The van der Waals surface area contributed by atoms with Crippen molar-refractivity contribution in [2.75, 3.05) is 0 Å². The van der Waals surface area contributed by atoms with E-state index < -0.39 is 23.3 Å². The van der Waals surface area contributed by atoms with E-state index in [-0.39, 0.29) is 5.56 Å². The fraction of sp³-hybridized carbons (Fsp3) is 0.0455. The van der Waals surface area contributed by atoms with Crippen LogP contribution in [0, 0.1) is 0 Å². The maximum absolute atomic E-state index is 11.1. The number of aromatic amines is 1. The smallest absolute Gasteiger partial charge is 0.321 e. The summed E-state index contributed by atoms with van der Waals surface area (Å²) in [7, 11) is -4.69. The molecule has 4 aromatic rings. The molecule has 0 saturated carbocycles. The van der Waals surface area contributed by atoms with E-state index in [1.165, 1.54) is 12.1 Å². The van der Waals surface area contributed by atoms with Crippen molar-refractivity contribution in [2.24, 2.45) is 0 Å². The van der Waals surface area contributed by atoms with Crippen LogP contribution in [0.1, 0.15) is 5.56 Å². The van der Waals surface area contributed by atoms with Gasteiger partial charge < -0.3 is 19.9 Å². The van der Waals surface area contributed by atoms with E-state index in [0.717, 1.165) is 22.5 Å². The monoisotopic (exact) mass is 470 g/mol. The van der Waals surface area contributed by atoms with Crippen molar-refractivity contribution in [3.63, 3.8) is 0 Å². The Balaban J connectivity index is 1.74. The highest BCUT2D eigenvalue weighted by Crippen LogP contribution is 2.38. The second-order valence-corrected chi connectivity index (χ2v) is 7.88. The molecule has 0 radical (unpaired) electrons. The lowest BCUT2D eigenvalue weighted by molar-refractivity contribution is -0.282. The molecule has 0 saturated heterocycles. The Morgan fingerprint density at radius 3 is 2.03 bits per heavy atom. The third kappa shape index (κ3) is 4.88. The Hall–Kier alpha value is -2.67. The number of hydrogen-bond donors (Lipinski definition) is 4. The Kier molecular flexibility index (Phi) is 6.94. The maximum atomic E-state index is 11.1. The van der Waals surface area contributed by atoms with Gasteiger partial charge in [-0.3, -0.25) is 9.09 Å². The minimum absolute atomic E-state index is 0.0494. The van der Waals surface area contributed by atoms with Gasteiger partial charge in [0.1, 0.15) is 5.82 Å². The lowest BCUT2D eigenvalue weighted by Gasteiger charge is -2.25. The fourth-order valence-corrected chi connectivity index (χ4v) is 4.05. The molecule has 3 atom stereocenters. The van der Waals surface area contributed by atoms with Gasteiger partial charge in [0.05, 0.1) is 11.4 Å². The molecule has 0 amide bonds. The SMILES string of the molecule is O=[PH](O)OC(O)(OPO)c1ccc(-c2nc(-c3ccccc3)c(-c3ccccc3)[nH]2)cc1. The van der Waals surface area contributed by atoms with Crippen LogP contribution in [0.5, 0.6) is 0 Å². The summed E-state index contributed by atoms with van der Waals surface area (Å²) in [6, 6.07) is 25.9. The molecule has 0 spiro atoms. The molecule has 164 valence electrons. The van der Waals surface area contributed by atoms with Crippen LogP contribution in [-0.4, -0.2) is 24.9 Å². The Bertz CT molecular complexity index is 1150. The number of aromatic nitrogens is 2. The molecular weight excluding hydrogens is 450 g/mol. The molecule has 8 nitrogen and oxygen atoms in total. The lowest BCUT2D eigenvalue weighted by atomic mass is 10.1. The number of nitrogens with one attached hydrogen (secondary N) is 1. The first kappa shape index (κ1) is 22.5. The van der Waals surface area contributed by atoms with Crippen molar-refractivity contribution in [2.45, 2.75) is 5.97 Å². The number of imidazole rings is 1. The van der Waals surface area contributed by atoms with Crippen molar-refractivity contribution in [1.29, 1.82) is 0 Å². The summed E-state index contributed by atoms with van der Waals surface area (Å²) in [5.41, 5.74) is 4.35. The summed E-state index contributed by atoms with van der Waals surface area (Å²) in [6.45, 7) is 0. The van der Waals surface area contributed by atoms with Crippen molar-refractivity contribution in [3.05, 3.63) is 90.5 Å². The van der Waals surface area contributed by atoms with E-state index in [2.05, 4.69) is 9.51 Å². The summed E-state index contributed by atoms with van der Waals surface area (Å²) in [4.78, 5) is 26.3. The largest absolute Gasteiger partial charge is 0.352 e. The highest BCUT2D eigenvalue weighted by Gasteiger charge is 2.34. The van der Waals surface area contributed by atoms with Gasteiger partial charge in [0.15, 0.2) is 9.03 Å². The van der Waals surface area contributed by atoms with E-state index in [0.29, 0.717) is 11.4 Å². The second-order valence-electron chi connectivity index (χ2n) is 6.76. The maximum Gasteiger partial charge on any atom is 0.321 e. The first-order chi connectivity index (χ1) is 15.5. The van der Waals surface area contributed by atoms with Gasteiger partial charge in [-0.25, -0.2) is 9.51 Å². The lowest BCUT2D eigenvalue weighted by Crippen LogP contribution is -2.27. The van der Waals surface area contributed by atoms with E-state index in [1.54, 1.807) is 12.1 Å². The Morgan fingerprint density at radius 1 is 0.875 bits per heavy atom. The first-order valence-electron chi connectivity index (χ1n) is 9.53. The van der Waals surface area contributed by atoms with Crippen LogP contribution in [0.4, 0.5) is 0 Å². The van der Waals surface area contributed by atoms with Crippen LogP contribution < -0.4 is 0 Å². The zero-order valence-electron chi connectivity index (χ0n) is 16.6. The van der Waals surface area contributed by atoms with Crippen molar-refractivity contribution >= 4 is 17.3 Å². The zero-order valence-corrected chi connectivity index (χ0v) is 18.6. The van der Waals surface area contributed by atoms with Gasteiger partial charge in [-0.2, -0.15) is 0 Å². The summed E-state index contributed by atoms with van der Waals surface area (Å²) in [6.07, 6.45) is 0. The molecule has 3 unspecified atom stereocenters. The molecule has 0 bridgehead atoms. The summed E-state index contributed by atoms with van der Waals surface area (Å²) >= 11 is 0. The van der Waals surface area contributed by atoms with E-state index in [9.17, 15) is 9.67 Å². The number of benzene rings is 3. The van der Waals surface area contributed by atoms with Crippen LogP contribution >= 0.6 is 17.3 Å². The summed E-state index contributed by atoms with van der Waals surface area (Å²) < 4.78 is 20.5. The number of aliphatic hydroxyl groups is 1. The first-order valence-corrected chi connectivity index (χ1v) is 11.7. The molecule has 4 rings (SSSR count). The molecule has 32 heavy (non-hydrogen) atoms. The summed E-state index contributed by atoms with van der Waals surface area (Å²) in [5.74, 6) is -1.94. The number of nitrogens with zero attached hydrogens (tertiary/aromatic N) is 1. The van der Waals surface area contributed by atoms with Crippen LogP contribution in [0.25, 0.3) is 33.9 Å². The third-order valence-corrected chi connectivity index (χ3v) is 5.57. The van der Waals surface area contributed by atoms with E-state index in [1.807, 2.05) is 60.7 Å². The van der Waals surface area contributed by atoms with Gasteiger partial charge in [0.25, 0.3) is 0 Å². The highest BCUT2D eigenvalue weighted by molar-refractivity contribution is 7.32. The van der Waals surface area contributed by atoms with E-state index in [4.69, 9.17) is 19.3 Å². The Labute approximate surface area is 186 Å².